The summed E-state index contributed by atoms with van der Waals surface area (Å²) in [6.45, 7) is 16.6. The van der Waals surface area contributed by atoms with E-state index < -0.39 is 21.0 Å². The average Bonchev–Trinajstić information content (AvgIpc) is 3.00. The van der Waals surface area contributed by atoms with Gasteiger partial charge in [0.15, 0.2) is 11.6 Å². The highest BCUT2D eigenvalue weighted by Gasteiger charge is 2.36. The second-order valence-corrected chi connectivity index (χ2v) is 15.6. The summed E-state index contributed by atoms with van der Waals surface area (Å²) in [4.78, 5) is 3.50. The Labute approximate surface area is 263 Å². The van der Waals surface area contributed by atoms with Crippen LogP contribution in [0.5, 0.6) is 0 Å². The van der Waals surface area contributed by atoms with Crippen molar-refractivity contribution in [3.63, 3.8) is 0 Å². The van der Waals surface area contributed by atoms with Crippen LogP contribution in [0.25, 0.3) is 0 Å². The molecule has 2 fully saturated rings. The molecule has 4 rings (SSSR count). The quantitative estimate of drug-likeness (QED) is 0.233. The highest BCUT2D eigenvalue weighted by molar-refractivity contribution is 8.25. The maximum absolute atomic E-state index is 15.1. The molecule has 2 aromatic rings. The van der Waals surface area contributed by atoms with Crippen LogP contribution in [0.2, 0.25) is 0 Å². The van der Waals surface area contributed by atoms with E-state index in [9.17, 15) is 4.39 Å². The second-order valence-electron chi connectivity index (χ2n) is 13.1. The van der Waals surface area contributed by atoms with E-state index >= 15 is 4.39 Å². The van der Waals surface area contributed by atoms with E-state index in [0.717, 1.165) is 68.0 Å². The Hall–Kier alpha value is -2.11. The summed E-state index contributed by atoms with van der Waals surface area (Å²) in [6.07, 6.45) is 14.1. The SMILES string of the molecule is C=C(CC[C@H]1CCC[C@@H](c2cccc(F)c2F)N1S(=C)(=C)c1ccc(C)cc1)N(CCC)C(C)CC.CC1CCCCC1. The Bertz CT molecular complexity index is 1250. The maximum Gasteiger partial charge on any atom is 0.163 e. The molecule has 5 heteroatoms. The first-order chi connectivity index (χ1) is 20.5. The van der Waals surface area contributed by atoms with E-state index in [0.29, 0.717) is 11.6 Å². The molecule has 1 heterocycles. The summed E-state index contributed by atoms with van der Waals surface area (Å²) in [5, 5.41) is 0. The zero-order valence-corrected chi connectivity index (χ0v) is 28.5. The highest BCUT2D eigenvalue weighted by atomic mass is 32.2. The molecule has 43 heavy (non-hydrogen) atoms. The first-order valence-electron chi connectivity index (χ1n) is 16.7. The Morgan fingerprint density at radius 3 is 2.23 bits per heavy atom. The smallest absolute Gasteiger partial charge is 0.163 e. The molecule has 3 atom stereocenters. The van der Waals surface area contributed by atoms with Gasteiger partial charge in [0, 0.05) is 40.8 Å². The van der Waals surface area contributed by atoms with E-state index in [-0.39, 0.29) is 12.1 Å². The monoisotopic (exact) mass is 612 g/mol. The number of halogens is 2. The van der Waals surface area contributed by atoms with Gasteiger partial charge in [-0.2, -0.15) is 0 Å². The van der Waals surface area contributed by atoms with Gasteiger partial charge in [0.25, 0.3) is 0 Å². The number of hydrogen-bond acceptors (Lipinski definition) is 2. The van der Waals surface area contributed by atoms with Crippen LogP contribution >= 0.6 is 9.39 Å². The summed E-state index contributed by atoms with van der Waals surface area (Å²) in [6, 6.07) is 13.2. The van der Waals surface area contributed by atoms with Crippen molar-refractivity contribution in [1.29, 1.82) is 0 Å². The molecular weight excluding hydrogens is 554 g/mol. The van der Waals surface area contributed by atoms with E-state index in [1.54, 1.807) is 12.1 Å². The van der Waals surface area contributed by atoms with Crippen molar-refractivity contribution in [1.82, 2.24) is 9.21 Å². The van der Waals surface area contributed by atoms with Crippen LogP contribution < -0.4 is 0 Å². The van der Waals surface area contributed by atoms with E-state index in [2.05, 4.69) is 86.4 Å². The first-order valence-corrected chi connectivity index (χ1v) is 18.7. The molecule has 2 aromatic carbocycles. The highest BCUT2D eigenvalue weighted by Crippen LogP contribution is 2.50. The van der Waals surface area contributed by atoms with Crippen molar-refractivity contribution in [3.05, 3.63) is 77.5 Å². The minimum absolute atomic E-state index is 0.162. The number of rotatable bonds is 11. The summed E-state index contributed by atoms with van der Waals surface area (Å²) >= 11 is 0. The molecular formula is C38H58F2N2S. The summed E-state index contributed by atoms with van der Waals surface area (Å²) in [5.41, 5.74) is 2.76. The lowest BCUT2D eigenvalue weighted by Crippen LogP contribution is -2.40. The molecule has 1 unspecified atom stereocenters. The number of piperidine rings is 1. The second kappa shape index (κ2) is 16.8. The van der Waals surface area contributed by atoms with Gasteiger partial charge in [-0.25, -0.2) is 13.1 Å². The van der Waals surface area contributed by atoms with Crippen molar-refractivity contribution in [2.45, 2.75) is 135 Å². The van der Waals surface area contributed by atoms with Gasteiger partial charge in [-0.05, 0) is 82.9 Å². The lowest BCUT2D eigenvalue weighted by molar-refractivity contribution is 0.177. The molecule has 0 aromatic heterocycles. The number of nitrogens with zero attached hydrogens (tertiary/aromatic N) is 2. The Kier molecular flexibility index (Phi) is 13.8. The minimum atomic E-state index is -1.95. The first kappa shape index (κ1) is 35.4. The Balaban J connectivity index is 0.000000633. The third-order valence-electron chi connectivity index (χ3n) is 9.54. The molecule has 2 aliphatic rings. The average molecular weight is 613 g/mol. The lowest BCUT2D eigenvalue weighted by atomic mass is 9.90. The largest absolute Gasteiger partial charge is 0.373 e. The van der Waals surface area contributed by atoms with Crippen molar-refractivity contribution in [2.24, 2.45) is 5.92 Å². The maximum atomic E-state index is 15.1. The topological polar surface area (TPSA) is 6.48 Å². The van der Waals surface area contributed by atoms with Crippen LogP contribution in [0.15, 0.2) is 59.6 Å². The predicted octanol–water partition coefficient (Wildman–Crippen LogP) is 11.2. The van der Waals surface area contributed by atoms with Crippen LogP contribution in [-0.2, 0) is 0 Å². The molecule has 0 bridgehead atoms. The number of benzene rings is 2. The van der Waals surface area contributed by atoms with E-state index in [4.69, 9.17) is 0 Å². The van der Waals surface area contributed by atoms with Crippen molar-refractivity contribution < 1.29 is 8.78 Å². The molecule has 1 saturated heterocycles. The number of allylic oxidation sites excluding steroid dienone is 1. The van der Waals surface area contributed by atoms with Gasteiger partial charge in [-0.1, -0.05) is 101 Å². The lowest BCUT2D eigenvalue weighted by Gasteiger charge is -2.47. The molecule has 0 spiro atoms. The van der Waals surface area contributed by atoms with Gasteiger partial charge >= 0.3 is 0 Å². The zero-order chi connectivity index (χ0) is 31.6. The fourth-order valence-corrected chi connectivity index (χ4v) is 9.15. The fourth-order valence-electron chi connectivity index (χ4n) is 6.77. The molecule has 1 aliphatic carbocycles. The number of hydrogen-bond donors (Lipinski definition) is 0. The third-order valence-corrected chi connectivity index (χ3v) is 12.0. The Morgan fingerprint density at radius 1 is 0.977 bits per heavy atom. The molecule has 0 radical (unpaired) electrons. The molecule has 0 N–H and O–H groups in total. The van der Waals surface area contributed by atoms with Crippen LogP contribution in [-0.4, -0.2) is 39.6 Å². The van der Waals surface area contributed by atoms with Crippen molar-refractivity contribution in [3.8, 4) is 0 Å². The standard InChI is InChI=1S/C31H44F2N2S.C7H14/c1-8-22-34(24(4)9-2)25(5)18-19-26-12-10-15-30(28-13-11-14-29(32)31(28)33)35(26)36(6,7)27-20-16-23(3)17-21-27;1-7-5-3-2-4-6-7/h11,13-14,16-17,20-21,24,26,30H,5-10,12,15,18-19,22H2,1-4H3;7H,2-6H2,1H3/t24?,26-,30+;/m1./s1. The normalized spacial score (nSPS) is 20.6. The van der Waals surface area contributed by atoms with Gasteiger partial charge in [0.2, 0.25) is 0 Å². The van der Waals surface area contributed by atoms with E-state index in [1.807, 2.05) is 0 Å². The molecule has 2 nitrogen and oxygen atoms in total. The van der Waals surface area contributed by atoms with Gasteiger partial charge in [-0.3, -0.25) is 0 Å². The van der Waals surface area contributed by atoms with Crippen LogP contribution in [0.4, 0.5) is 8.78 Å². The fraction of sp³-hybridized carbons (Fsp3) is 0.579. The predicted molar refractivity (Wildman–Crippen MR) is 187 cm³/mol. The Morgan fingerprint density at radius 2 is 1.65 bits per heavy atom. The molecule has 1 saturated carbocycles. The van der Waals surface area contributed by atoms with Gasteiger partial charge in [-0.15, -0.1) is 9.39 Å². The summed E-state index contributed by atoms with van der Waals surface area (Å²) in [5.74, 6) is 8.80. The van der Waals surface area contributed by atoms with Crippen molar-refractivity contribution >= 4 is 21.1 Å². The van der Waals surface area contributed by atoms with Gasteiger partial charge in [0.05, 0.1) is 0 Å². The minimum Gasteiger partial charge on any atom is -0.373 e. The third kappa shape index (κ3) is 9.44. The van der Waals surface area contributed by atoms with Crippen molar-refractivity contribution in [2.75, 3.05) is 6.54 Å². The van der Waals surface area contributed by atoms with E-state index in [1.165, 1.54) is 43.7 Å². The number of aryl methyl sites for hydroxylation is 1. The molecule has 240 valence electrons. The van der Waals surface area contributed by atoms with Crippen LogP contribution in [0.1, 0.15) is 122 Å². The van der Waals surface area contributed by atoms with Crippen LogP contribution in [0, 0.1) is 24.5 Å². The van der Waals surface area contributed by atoms with Gasteiger partial charge in [0.1, 0.15) is 0 Å². The summed E-state index contributed by atoms with van der Waals surface area (Å²) < 4.78 is 31.8. The molecule has 0 amide bonds. The zero-order valence-electron chi connectivity index (χ0n) is 27.7. The molecule has 1 aliphatic heterocycles. The van der Waals surface area contributed by atoms with Gasteiger partial charge < -0.3 is 4.90 Å². The van der Waals surface area contributed by atoms with Crippen LogP contribution in [0.3, 0.4) is 0 Å². The summed E-state index contributed by atoms with van der Waals surface area (Å²) in [7, 11) is -1.95.